The predicted molar refractivity (Wildman–Crippen MR) is 111 cm³/mol. The lowest BCUT2D eigenvalue weighted by molar-refractivity contribution is 0.316. The van der Waals surface area contributed by atoms with Crippen molar-refractivity contribution in [1.82, 2.24) is 0 Å². The standard InChI is InChI=1S/C22H35O3P/c1-5-7-8-11-18-15-20(23)22(19-12-9-10-17(3)14-19)21(16-18)25-26(4)24-13-6-2/h14-16,19,23H,5-13H2,1-4H3. The molecule has 2 rings (SSSR count). The third-order valence-electron chi connectivity index (χ3n) is 4.90. The van der Waals surface area contributed by atoms with Crippen LogP contribution in [0.1, 0.15) is 82.8 Å². The zero-order chi connectivity index (χ0) is 18.9. The van der Waals surface area contributed by atoms with Gasteiger partial charge in [-0.2, -0.15) is 0 Å². The molecule has 0 aromatic heterocycles. The van der Waals surface area contributed by atoms with Crippen molar-refractivity contribution in [3.63, 3.8) is 0 Å². The van der Waals surface area contributed by atoms with Crippen LogP contribution >= 0.6 is 8.38 Å². The number of aryl methyl sites for hydroxylation is 1. The summed E-state index contributed by atoms with van der Waals surface area (Å²) in [4.78, 5) is 0. The van der Waals surface area contributed by atoms with E-state index in [1.807, 2.05) is 12.7 Å². The second kappa shape index (κ2) is 10.9. The molecule has 1 aromatic rings. The zero-order valence-corrected chi connectivity index (χ0v) is 17.8. The second-order valence-corrected chi connectivity index (χ2v) is 8.68. The van der Waals surface area contributed by atoms with E-state index in [1.165, 1.54) is 18.4 Å². The predicted octanol–water partition coefficient (Wildman–Crippen LogP) is 7.09. The molecule has 4 heteroatoms. The topological polar surface area (TPSA) is 38.7 Å². The number of phenolic OH excluding ortho intramolecular Hbond substituents is 1. The molecule has 2 unspecified atom stereocenters. The third kappa shape index (κ3) is 6.28. The molecule has 1 aromatic carbocycles. The Kier molecular flexibility index (Phi) is 8.95. The van der Waals surface area contributed by atoms with Crippen LogP contribution in [-0.2, 0) is 10.9 Å². The molecule has 0 spiro atoms. The molecular formula is C22H35O3P. The van der Waals surface area contributed by atoms with Crippen LogP contribution in [0.15, 0.2) is 23.8 Å². The lowest BCUT2D eigenvalue weighted by Crippen LogP contribution is -2.06. The maximum Gasteiger partial charge on any atom is 0.226 e. The average Bonchev–Trinajstić information content (AvgIpc) is 2.60. The molecule has 0 bridgehead atoms. The average molecular weight is 378 g/mol. The molecule has 0 fully saturated rings. The van der Waals surface area contributed by atoms with E-state index >= 15 is 0 Å². The van der Waals surface area contributed by atoms with Crippen LogP contribution in [0.4, 0.5) is 0 Å². The Morgan fingerprint density at radius 1 is 1.19 bits per heavy atom. The lowest BCUT2D eigenvalue weighted by Gasteiger charge is -2.25. The van der Waals surface area contributed by atoms with Crippen molar-refractivity contribution in [3.8, 4) is 11.5 Å². The minimum absolute atomic E-state index is 0.234. The molecule has 26 heavy (non-hydrogen) atoms. The van der Waals surface area contributed by atoms with Crippen molar-refractivity contribution >= 4 is 8.38 Å². The van der Waals surface area contributed by atoms with Gasteiger partial charge in [-0.15, -0.1) is 0 Å². The minimum atomic E-state index is -0.984. The molecule has 1 aliphatic rings. The lowest BCUT2D eigenvalue weighted by atomic mass is 9.84. The van der Waals surface area contributed by atoms with E-state index in [2.05, 4.69) is 32.9 Å². The van der Waals surface area contributed by atoms with Crippen molar-refractivity contribution in [2.75, 3.05) is 13.3 Å². The van der Waals surface area contributed by atoms with E-state index in [1.54, 1.807) is 0 Å². The Morgan fingerprint density at radius 2 is 2.00 bits per heavy atom. The highest BCUT2D eigenvalue weighted by atomic mass is 31.2. The quantitative estimate of drug-likeness (QED) is 0.268. The van der Waals surface area contributed by atoms with Crippen LogP contribution in [0, 0.1) is 0 Å². The summed E-state index contributed by atoms with van der Waals surface area (Å²) in [6, 6.07) is 4.08. The normalized spacial score (nSPS) is 18.5. The Balaban J connectivity index is 2.29. The number of hydrogen-bond donors (Lipinski definition) is 1. The van der Waals surface area contributed by atoms with E-state index in [9.17, 15) is 5.11 Å². The fourth-order valence-electron chi connectivity index (χ4n) is 3.56. The summed E-state index contributed by atoms with van der Waals surface area (Å²) in [7, 11) is -0.984. The van der Waals surface area contributed by atoms with E-state index in [0.29, 0.717) is 12.4 Å². The van der Waals surface area contributed by atoms with Gasteiger partial charge in [0.25, 0.3) is 0 Å². The highest BCUT2D eigenvalue weighted by Crippen LogP contribution is 2.46. The summed E-state index contributed by atoms with van der Waals surface area (Å²) < 4.78 is 12.0. The van der Waals surface area contributed by atoms with Gasteiger partial charge in [0.2, 0.25) is 8.38 Å². The van der Waals surface area contributed by atoms with Gasteiger partial charge in [0, 0.05) is 18.1 Å². The fraction of sp³-hybridized carbons (Fsp3) is 0.636. The molecule has 0 heterocycles. The molecule has 0 saturated heterocycles. The smallest absolute Gasteiger partial charge is 0.226 e. The molecule has 0 amide bonds. The Labute approximate surface area is 160 Å². The number of rotatable bonds is 10. The third-order valence-corrected chi connectivity index (χ3v) is 5.90. The number of unbranched alkanes of at least 4 members (excludes halogenated alkanes) is 2. The summed E-state index contributed by atoms with van der Waals surface area (Å²) in [5.74, 6) is 1.43. The van der Waals surface area contributed by atoms with Crippen LogP contribution < -0.4 is 4.52 Å². The molecule has 3 nitrogen and oxygen atoms in total. The molecule has 0 aliphatic heterocycles. The molecule has 0 saturated carbocycles. The van der Waals surface area contributed by atoms with Crippen molar-refractivity contribution in [2.24, 2.45) is 0 Å². The van der Waals surface area contributed by atoms with Crippen molar-refractivity contribution in [3.05, 3.63) is 34.9 Å². The summed E-state index contributed by atoms with van der Waals surface area (Å²) in [6.07, 6.45) is 11.2. The zero-order valence-electron chi connectivity index (χ0n) is 16.9. The van der Waals surface area contributed by atoms with Crippen LogP contribution in [0.2, 0.25) is 0 Å². The maximum atomic E-state index is 10.8. The fourth-order valence-corrected chi connectivity index (χ4v) is 4.48. The van der Waals surface area contributed by atoms with Crippen LogP contribution in [0.5, 0.6) is 11.5 Å². The molecule has 146 valence electrons. The van der Waals surface area contributed by atoms with Gasteiger partial charge in [-0.05, 0) is 63.1 Å². The Bertz CT molecular complexity index is 597. The van der Waals surface area contributed by atoms with Gasteiger partial charge in [-0.3, -0.25) is 0 Å². The van der Waals surface area contributed by atoms with Gasteiger partial charge in [-0.25, -0.2) is 0 Å². The van der Waals surface area contributed by atoms with Crippen LogP contribution in [0.3, 0.4) is 0 Å². The number of aromatic hydroxyl groups is 1. The first-order valence-electron chi connectivity index (χ1n) is 10.1. The first kappa shape index (κ1) is 21.3. The largest absolute Gasteiger partial charge is 0.507 e. The molecule has 1 aliphatic carbocycles. The van der Waals surface area contributed by atoms with Crippen molar-refractivity contribution in [1.29, 1.82) is 0 Å². The number of allylic oxidation sites excluding steroid dienone is 2. The van der Waals surface area contributed by atoms with E-state index in [4.69, 9.17) is 9.05 Å². The first-order valence-corrected chi connectivity index (χ1v) is 11.7. The summed E-state index contributed by atoms with van der Waals surface area (Å²) in [6.45, 7) is 9.20. The summed E-state index contributed by atoms with van der Waals surface area (Å²) in [5.41, 5.74) is 3.50. The van der Waals surface area contributed by atoms with Crippen molar-refractivity contribution in [2.45, 2.75) is 78.1 Å². The SMILES string of the molecule is CCCCCc1cc(O)c(C2C=C(C)CCC2)c(OP(C)OCCC)c1. The molecule has 0 radical (unpaired) electrons. The van der Waals surface area contributed by atoms with Crippen LogP contribution in [-0.4, -0.2) is 18.4 Å². The van der Waals surface area contributed by atoms with Gasteiger partial charge in [-0.1, -0.05) is 38.3 Å². The minimum Gasteiger partial charge on any atom is -0.507 e. The highest BCUT2D eigenvalue weighted by Gasteiger charge is 2.23. The van der Waals surface area contributed by atoms with Crippen LogP contribution in [0.25, 0.3) is 0 Å². The van der Waals surface area contributed by atoms with Gasteiger partial charge in [0.1, 0.15) is 11.5 Å². The summed E-state index contributed by atoms with van der Waals surface area (Å²) in [5, 5.41) is 10.8. The Hall–Kier alpha value is -1.05. The van der Waals surface area contributed by atoms with Gasteiger partial charge in [0.05, 0.1) is 6.61 Å². The first-order chi connectivity index (χ1) is 12.5. The Morgan fingerprint density at radius 3 is 2.69 bits per heavy atom. The summed E-state index contributed by atoms with van der Waals surface area (Å²) >= 11 is 0. The number of benzene rings is 1. The van der Waals surface area contributed by atoms with Gasteiger partial charge >= 0.3 is 0 Å². The highest BCUT2D eigenvalue weighted by molar-refractivity contribution is 7.46. The molecular weight excluding hydrogens is 343 g/mol. The van der Waals surface area contributed by atoms with Gasteiger partial charge < -0.3 is 14.2 Å². The van der Waals surface area contributed by atoms with Gasteiger partial charge in [0.15, 0.2) is 0 Å². The van der Waals surface area contributed by atoms with Crippen molar-refractivity contribution < 1.29 is 14.2 Å². The van der Waals surface area contributed by atoms with E-state index in [-0.39, 0.29) is 5.92 Å². The molecule has 1 N–H and O–H groups in total. The monoisotopic (exact) mass is 378 g/mol. The maximum absolute atomic E-state index is 10.8. The second-order valence-electron chi connectivity index (χ2n) is 7.36. The molecule has 2 atom stereocenters. The number of hydrogen-bond acceptors (Lipinski definition) is 3. The van der Waals surface area contributed by atoms with E-state index < -0.39 is 8.38 Å². The number of phenols is 1. The van der Waals surface area contributed by atoms with E-state index in [0.717, 1.165) is 55.4 Å².